The number of alkyl carbamates (subject to hydrolysis) is 1. The predicted octanol–water partition coefficient (Wildman–Crippen LogP) is 3.57. The number of carbonyl (C=O) groups excluding carboxylic acids is 2. The molecule has 2 amide bonds. The minimum absolute atomic E-state index is 0.0223. The first-order valence-corrected chi connectivity index (χ1v) is 11.2. The number of alkyl halides is 3. The number of fused-ring (bicyclic) bond motifs is 1. The summed E-state index contributed by atoms with van der Waals surface area (Å²) in [6, 6.07) is -0.891. The summed E-state index contributed by atoms with van der Waals surface area (Å²) in [6.07, 6.45) is -6.36. The topological polar surface area (TPSA) is 77.5 Å². The zero-order valence-corrected chi connectivity index (χ0v) is 20.1. The highest BCUT2D eigenvalue weighted by molar-refractivity contribution is 5.93. The summed E-state index contributed by atoms with van der Waals surface area (Å²) in [4.78, 5) is 28.2. The van der Waals surface area contributed by atoms with E-state index in [0.717, 1.165) is 0 Å². The molecule has 2 atom stereocenters. The number of piperazine rings is 1. The summed E-state index contributed by atoms with van der Waals surface area (Å²) < 4.78 is 85.7. The third-order valence-corrected chi connectivity index (χ3v) is 5.61. The van der Waals surface area contributed by atoms with E-state index in [2.05, 4.69) is 10.4 Å². The number of hydrogen-bond donors (Lipinski definition) is 1. The van der Waals surface area contributed by atoms with Crippen LogP contribution in [-0.4, -0.2) is 76.4 Å². The van der Waals surface area contributed by atoms with Crippen molar-refractivity contribution in [1.82, 2.24) is 20.1 Å². The molecule has 1 aromatic carbocycles. The van der Waals surface area contributed by atoms with E-state index in [-0.39, 0.29) is 35.9 Å². The van der Waals surface area contributed by atoms with Gasteiger partial charge >= 0.3 is 12.4 Å². The maximum Gasteiger partial charge on any atom is 0.502 e. The largest absolute Gasteiger partial charge is 0.502 e. The van der Waals surface area contributed by atoms with Crippen LogP contribution in [0.15, 0.2) is 17.2 Å². The summed E-state index contributed by atoms with van der Waals surface area (Å²) in [5.74, 6) is -4.24. The van der Waals surface area contributed by atoms with Gasteiger partial charge in [0.05, 0.1) is 6.04 Å². The van der Waals surface area contributed by atoms with Crippen LogP contribution in [0.3, 0.4) is 0 Å². The Bertz CT molecular complexity index is 1040. The first-order chi connectivity index (χ1) is 16.5. The molecule has 0 spiro atoms. The number of amidine groups is 1. The van der Waals surface area contributed by atoms with Gasteiger partial charge in [0.1, 0.15) is 23.9 Å². The quantitative estimate of drug-likeness (QED) is 0.363. The highest BCUT2D eigenvalue weighted by Gasteiger charge is 2.46. The molecule has 2 heterocycles. The molecule has 1 saturated heterocycles. The van der Waals surface area contributed by atoms with Gasteiger partial charge in [0.2, 0.25) is 5.91 Å². The normalized spacial score (nSPS) is 19.1. The smallest absolute Gasteiger partial charge is 0.444 e. The van der Waals surface area contributed by atoms with Gasteiger partial charge in [0.25, 0.3) is 0 Å². The summed E-state index contributed by atoms with van der Waals surface area (Å²) >= 11 is 0. The Morgan fingerprint density at radius 3 is 2.36 bits per heavy atom. The van der Waals surface area contributed by atoms with E-state index >= 15 is 0 Å². The van der Waals surface area contributed by atoms with Crippen molar-refractivity contribution in [3.8, 4) is 0 Å². The SMILES string of the molecule is CC1C2=NN(C(F)(F)F)CN2CCN1C(=O)C[C@@H](Cc1cc(F)c(F)cc1F)NC(=O)OC(C)(C)C. The minimum atomic E-state index is -4.67. The Balaban J connectivity index is 1.78. The van der Waals surface area contributed by atoms with Crippen molar-refractivity contribution >= 4 is 17.8 Å². The first-order valence-electron chi connectivity index (χ1n) is 11.2. The van der Waals surface area contributed by atoms with Crippen molar-refractivity contribution < 1.29 is 40.7 Å². The Labute approximate surface area is 203 Å². The number of benzene rings is 1. The van der Waals surface area contributed by atoms with E-state index in [1.807, 2.05) is 0 Å². The number of rotatable bonds is 5. The van der Waals surface area contributed by atoms with Crippen LogP contribution >= 0.6 is 0 Å². The lowest BCUT2D eigenvalue weighted by Gasteiger charge is -2.39. The molecular weight excluding hydrogens is 496 g/mol. The van der Waals surface area contributed by atoms with E-state index in [1.54, 1.807) is 20.8 Å². The van der Waals surface area contributed by atoms with Gasteiger partial charge in [-0.05, 0) is 45.7 Å². The molecule has 0 bridgehead atoms. The Hall–Kier alpha value is -3.19. The Morgan fingerprint density at radius 1 is 1.11 bits per heavy atom. The van der Waals surface area contributed by atoms with Gasteiger partial charge in [0.15, 0.2) is 11.6 Å². The molecule has 1 N–H and O–H groups in total. The van der Waals surface area contributed by atoms with Crippen LogP contribution < -0.4 is 5.32 Å². The van der Waals surface area contributed by atoms with E-state index in [9.17, 15) is 35.9 Å². The minimum Gasteiger partial charge on any atom is -0.444 e. The average molecular weight is 523 g/mol. The molecule has 3 rings (SSSR count). The van der Waals surface area contributed by atoms with Crippen molar-refractivity contribution in [2.45, 2.75) is 64.5 Å². The number of halogens is 6. The van der Waals surface area contributed by atoms with E-state index in [4.69, 9.17) is 4.74 Å². The zero-order chi connectivity index (χ0) is 27.0. The second kappa shape index (κ2) is 10.1. The van der Waals surface area contributed by atoms with Crippen molar-refractivity contribution in [1.29, 1.82) is 0 Å². The van der Waals surface area contributed by atoms with Gasteiger partial charge < -0.3 is 19.9 Å². The average Bonchev–Trinajstić information content (AvgIpc) is 3.16. The standard InChI is InChI=1S/C22H27F6N5O3/c1-12-19-30-33(22(26,27)28)11-31(19)5-6-32(12)18(34)9-14(29-20(35)36-21(2,3)4)7-13-8-16(24)17(25)10-15(13)23/h8,10,12,14H,5-7,9,11H2,1-4H3,(H,29,35)/t12?,14-/m1/s1. The van der Waals surface area contributed by atoms with Gasteiger partial charge in [-0.2, -0.15) is 10.1 Å². The monoisotopic (exact) mass is 523 g/mol. The summed E-state index contributed by atoms with van der Waals surface area (Å²) in [7, 11) is 0. The van der Waals surface area contributed by atoms with E-state index in [0.29, 0.717) is 12.1 Å². The molecule has 1 unspecified atom stereocenters. The number of nitrogens with one attached hydrogen (secondary N) is 1. The van der Waals surface area contributed by atoms with Crippen LogP contribution in [0.25, 0.3) is 0 Å². The lowest BCUT2D eigenvalue weighted by Crippen LogP contribution is -2.57. The summed E-state index contributed by atoms with van der Waals surface area (Å²) in [5.41, 5.74) is -1.16. The molecule has 0 aromatic heterocycles. The number of carbonyl (C=O) groups is 2. The van der Waals surface area contributed by atoms with Crippen LogP contribution in [0.2, 0.25) is 0 Å². The van der Waals surface area contributed by atoms with Crippen molar-refractivity contribution in [3.63, 3.8) is 0 Å². The molecule has 0 radical (unpaired) electrons. The second-order valence-electron chi connectivity index (χ2n) is 9.60. The molecular formula is C22H27F6N5O3. The predicted molar refractivity (Wildman–Crippen MR) is 116 cm³/mol. The maximum absolute atomic E-state index is 14.3. The van der Waals surface area contributed by atoms with Crippen LogP contribution in [-0.2, 0) is 16.0 Å². The second-order valence-corrected chi connectivity index (χ2v) is 9.60. The third kappa shape index (κ3) is 6.52. The number of nitrogens with zero attached hydrogens (tertiary/aromatic N) is 4. The first kappa shape index (κ1) is 27.4. The fourth-order valence-corrected chi connectivity index (χ4v) is 3.99. The fourth-order valence-electron chi connectivity index (χ4n) is 3.99. The maximum atomic E-state index is 14.3. The number of hydrazone groups is 1. The van der Waals surface area contributed by atoms with Gasteiger partial charge in [-0.25, -0.2) is 18.0 Å². The molecule has 200 valence electrons. The van der Waals surface area contributed by atoms with E-state index < -0.39 is 66.5 Å². The van der Waals surface area contributed by atoms with Crippen LogP contribution in [0.4, 0.5) is 31.1 Å². The lowest BCUT2D eigenvalue weighted by atomic mass is 10.0. The number of hydrogen-bond acceptors (Lipinski definition) is 6. The fraction of sp³-hybridized carbons (Fsp3) is 0.591. The molecule has 2 aliphatic rings. The highest BCUT2D eigenvalue weighted by atomic mass is 19.4. The van der Waals surface area contributed by atoms with Crippen molar-refractivity contribution in [2.75, 3.05) is 19.8 Å². The third-order valence-electron chi connectivity index (χ3n) is 5.61. The van der Waals surface area contributed by atoms with Gasteiger partial charge in [0, 0.05) is 31.6 Å². The lowest BCUT2D eigenvalue weighted by molar-refractivity contribution is -0.247. The molecule has 0 saturated carbocycles. The van der Waals surface area contributed by atoms with Crippen molar-refractivity contribution in [2.24, 2.45) is 5.10 Å². The molecule has 0 aliphatic carbocycles. The Morgan fingerprint density at radius 2 is 1.75 bits per heavy atom. The van der Waals surface area contributed by atoms with Crippen LogP contribution in [0.1, 0.15) is 39.7 Å². The van der Waals surface area contributed by atoms with Gasteiger partial charge in [-0.3, -0.25) is 4.79 Å². The number of amides is 2. The van der Waals surface area contributed by atoms with Crippen LogP contribution in [0.5, 0.6) is 0 Å². The highest BCUT2D eigenvalue weighted by Crippen LogP contribution is 2.29. The number of ether oxygens (including phenoxy) is 1. The molecule has 1 fully saturated rings. The summed E-state index contributed by atoms with van der Waals surface area (Å²) in [5, 5.41) is 6.03. The van der Waals surface area contributed by atoms with Crippen molar-refractivity contribution in [3.05, 3.63) is 35.1 Å². The van der Waals surface area contributed by atoms with Crippen LogP contribution in [0, 0.1) is 17.5 Å². The van der Waals surface area contributed by atoms with E-state index in [1.165, 1.54) is 16.7 Å². The Kier molecular flexibility index (Phi) is 7.65. The molecule has 36 heavy (non-hydrogen) atoms. The molecule has 14 heteroatoms. The van der Waals surface area contributed by atoms with Gasteiger partial charge in [-0.15, -0.1) is 13.2 Å². The van der Waals surface area contributed by atoms with Gasteiger partial charge in [-0.1, -0.05) is 0 Å². The molecule has 1 aromatic rings. The summed E-state index contributed by atoms with van der Waals surface area (Å²) in [6.45, 7) is 6.05. The zero-order valence-electron chi connectivity index (χ0n) is 20.1. The molecule has 8 nitrogen and oxygen atoms in total. The molecule has 2 aliphatic heterocycles.